The van der Waals surface area contributed by atoms with Crippen LogP contribution >= 0.6 is 0 Å². The van der Waals surface area contributed by atoms with Crippen molar-refractivity contribution in [3.8, 4) is 17.3 Å². The van der Waals surface area contributed by atoms with E-state index in [4.69, 9.17) is 14.6 Å². The van der Waals surface area contributed by atoms with Crippen LogP contribution in [-0.2, 0) is 11.3 Å². The monoisotopic (exact) mass is 427 g/mol. The lowest BCUT2D eigenvalue weighted by molar-refractivity contribution is 0.0277. The summed E-state index contributed by atoms with van der Waals surface area (Å²) in [6.45, 7) is 7.30. The van der Waals surface area contributed by atoms with Gasteiger partial charge in [0.05, 0.1) is 29.7 Å². The van der Waals surface area contributed by atoms with Gasteiger partial charge in [-0.05, 0) is 45.0 Å². The van der Waals surface area contributed by atoms with Crippen LogP contribution in [-0.4, -0.2) is 52.2 Å². The Labute approximate surface area is 182 Å². The van der Waals surface area contributed by atoms with Crippen LogP contribution in [0, 0.1) is 12.7 Å². The van der Waals surface area contributed by atoms with Crippen molar-refractivity contribution in [1.82, 2.24) is 14.7 Å². The summed E-state index contributed by atoms with van der Waals surface area (Å²) in [4.78, 5) is 2.14. The largest absolute Gasteiger partial charge is 0.438 e. The molecule has 1 heterocycles. The van der Waals surface area contributed by atoms with Crippen LogP contribution < -0.4 is 4.74 Å². The number of benzene rings is 2. The van der Waals surface area contributed by atoms with Gasteiger partial charge in [-0.15, -0.1) is 0 Å². The van der Waals surface area contributed by atoms with Crippen molar-refractivity contribution < 1.29 is 19.0 Å². The van der Waals surface area contributed by atoms with Gasteiger partial charge in [0.1, 0.15) is 11.6 Å². The summed E-state index contributed by atoms with van der Waals surface area (Å²) in [6, 6.07) is 15.9. The highest BCUT2D eigenvalue weighted by molar-refractivity contribution is 5.43. The maximum absolute atomic E-state index is 13.8. The molecular weight excluding hydrogens is 397 g/mol. The summed E-state index contributed by atoms with van der Waals surface area (Å²) in [5.74, 6) is 0.558. The zero-order chi connectivity index (χ0) is 22.4. The molecule has 2 aromatic carbocycles. The number of aliphatic hydroxyl groups is 1. The fraction of sp³-hybridized carbons (Fsp3) is 0.375. The van der Waals surface area contributed by atoms with E-state index in [-0.39, 0.29) is 18.5 Å². The Morgan fingerprint density at radius 2 is 1.87 bits per heavy atom. The molecule has 0 aliphatic heterocycles. The summed E-state index contributed by atoms with van der Waals surface area (Å²) in [6.07, 6.45) is -0.607. The quantitative estimate of drug-likeness (QED) is 0.522. The van der Waals surface area contributed by atoms with Gasteiger partial charge in [-0.1, -0.05) is 24.3 Å². The second kappa shape index (κ2) is 10.5. The fourth-order valence-electron chi connectivity index (χ4n) is 3.39. The van der Waals surface area contributed by atoms with Crippen LogP contribution in [0.3, 0.4) is 0 Å². The van der Waals surface area contributed by atoms with E-state index in [0.29, 0.717) is 24.7 Å². The first-order chi connectivity index (χ1) is 14.9. The molecule has 1 N–H and O–H groups in total. The third-order valence-corrected chi connectivity index (χ3v) is 5.04. The van der Waals surface area contributed by atoms with E-state index in [1.165, 1.54) is 12.1 Å². The number of hydrogen-bond donors (Lipinski definition) is 1. The predicted octanol–water partition coefficient (Wildman–Crippen LogP) is 4.33. The summed E-state index contributed by atoms with van der Waals surface area (Å²) < 4.78 is 26.8. The standard InChI is InChI=1S/C24H30FN3O3/c1-17(2)27(14-21(29)16-30-4)15-23-18(3)26-28(20-10-6-5-7-11-20)24(23)31-22-12-8-9-19(25)13-22/h5-13,17,21,29H,14-16H2,1-4H3/t21-/m1/s1. The zero-order valence-corrected chi connectivity index (χ0v) is 18.5. The highest BCUT2D eigenvalue weighted by Gasteiger charge is 2.24. The SMILES string of the molecule is COC[C@H](O)CN(Cc1c(C)nn(-c2ccccc2)c1Oc1cccc(F)c1)C(C)C. The van der Waals surface area contributed by atoms with Crippen LogP contribution in [0.1, 0.15) is 25.1 Å². The van der Waals surface area contributed by atoms with Gasteiger partial charge in [0.25, 0.3) is 0 Å². The van der Waals surface area contributed by atoms with Crippen LogP contribution in [0.15, 0.2) is 54.6 Å². The molecule has 0 saturated heterocycles. The molecule has 0 radical (unpaired) electrons. The van der Waals surface area contributed by atoms with Crippen molar-refractivity contribution in [2.75, 3.05) is 20.3 Å². The molecule has 0 unspecified atom stereocenters. The van der Waals surface area contributed by atoms with Crippen LogP contribution in [0.5, 0.6) is 11.6 Å². The number of aliphatic hydroxyl groups excluding tert-OH is 1. The van der Waals surface area contributed by atoms with Gasteiger partial charge in [0.2, 0.25) is 5.88 Å². The molecule has 0 fully saturated rings. The molecule has 0 bridgehead atoms. The predicted molar refractivity (Wildman–Crippen MR) is 118 cm³/mol. The second-order valence-corrected chi connectivity index (χ2v) is 7.81. The van der Waals surface area contributed by atoms with E-state index in [2.05, 4.69) is 18.7 Å². The lowest BCUT2D eigenvalue weighted by atomic mass is 10.2. The molecule has 0 amide bonds. The van der Waals surface area contributed by atoms with Gasteiger partial charge < -0.3 is 14.6 Å². The number of para-hydroxylation sites is 1. The number of methoxy groups -OCH3 is 1. The van der Waals surface area contributed by atoms with Gasteiger partial charge in [-0.2, -0.15) is 5.10 Å². The van der Waals surface area contributed by atoms with E-state index in [1.54, 1.807) is 23.9 Å². The zero-order valence-electron chi connectivity index (χ0n) is 18.5. The summed E-state index contributed by atoms with van der Waals surface area (Å²) >= 11 is 0. The molecule has 0 aliphatic rings. The molecule has 7 heteroatoms. The Hall–Kier alpha value is -2.74. The molecular formula is C24H30FN3O3. The van der Waals surface area contributed by atoms with Gasteiger partial charge in [0.15, 0.2) is 0 Å². The Morgan fingerprint density at radius 3 is 2.52 bits per heavy atom. The number of hydrogen-bond acceptors (Lipinski definition) is 5. The highest BCUT2D eigenvalue weighted by atomic mass is 19.1. The van der Waals surface area contributed by atoms with Gasteiger partial charge in [-0.3, -0.25) is 4.90 Å². The average molecular weight is 428 g/mol. The normalized spacial score (nSPS) is 12.5. The van der Waals surface area contributed by atoms with E-state index in [1.807, 2.05) is 37.3 Å². The van der Waals surface area contributed by atoms with E-state index in [0.717, 1.165) is 16.9 Å². The number of rotatable bonds is 10. The Kier molecular flexibility index (Phi) is 7.79. The molecule has 3 aromatic rings. The van der Waals surface area contributed by atoms with Crippen LogP contribution in [0.4, 0.5) is 4.39 Å². The van der Waals surface area contributed by atoms with Crippen molar-refractivity contribution in [2.24, 2.45) is 0 Å². The average Bonchev–Trinajstić information content (AvgIpc) is 3.03. The maximum Gasteiger partial charge on any atom is 0.227 e. The number of ether oxygens (including phenoxy) is 2. The Bertz CT molecular complexity index is 975. The second-order valence-electron chi connectivity index (χ2n) is 7.81. The number of nitrogens with zero attached hydrogens (tertiary/aromatic N) is 3. The minimum atomic E-state index is -0.607. The van der Waals surface area contributed by atoms with Crippen LogP contribution in [0.2, 0.25) is 0 Å². The smallest absolute Gasteiger partial charge is 0.227 e. The minimum Gasteiger partial charge on any atom is -0.438 e. The van der Waals surface area contributed by atoms with Gasteiger partial charge in [-0.25, -0.2) is 9.07 Å². The third kappa shape index (κ3) is 5.91. The van der Waals surface area contributed by atoms with Crippen molar-refractivity contribution in [3.63, 3.8) is 0 Å². The van der Waals surface area contributed by atoms with Crippen molar-refractivity contribution in [3.05, 3.63) is 71.7 Å². The Balaban J connectivity index is 2.01. The van der Waals surface area contributed by atoms with Gasteiger partial charge >= 0.3 is 0 Å². The summed E-state index contributed by atoms with van der Waals surface area (Å²) in [5, 5.41) is 15.0. The maximum atomic E-state index is 13.8. The number of halogens is 1. The molecule has 1 aromatic heterocycles. The first-order valence-electron chi connectivity index (χ1n) is 10.4. The fourth-order valence-corrected chi connectivity index (χ4v) is 3.39. The van der Waals surface area contributed by atoms with Crippen molar-refractivity contribution in [2.45, 2.75) is 39.5 Å². The Morgan fingerprint density at radius 1 is 1.13 bits per heavy atom. The minimum absolute atomic E-state index is 0.174. The van der Waals surface area contributed by atoms with Gasteiger partial charge in [0, 0.05) is 32.3 Å². The van der Waals surface area contributed by atoms with E-state index >= 15 is 0 Å². The summed E-state index contributed by atoms with van der Waals surface area (Å²) in [7, 11) is 1.57. The molecule has 0 spiro atoms. The molecule has 166 valence electrons. The van der Waals surface area contributed by atoms with Crippen LogP contribution in [0.25, 0.3) is 5.69 Å². The number of aromatic nitrogens is 2. The number of aryl methyl sites for hydroxylation is 1. The molecule has 0 saturated carbocycles. The lowest BCUT2D eigenvalue weighted by Gasteiger charge is -2.28. The first kappa shape index (κ1) is 22.9. The topological polar surface area (TPSA) is 59.8 Å². The first-order valence-corrected chi connectivity index (χ1v) is 10.4. The summed E-state index contributed by atoms with van der Waals surface area (Å²) in [5.41, 5.74) is 2.53. The molecule has 3 rings (SSSR count). The molecule has 31 heavy (non-hydrogen) atoms. The van der Waals surface area contributed by atoms with E-state index in [9.17, 15) is 9.50 Å². The molecule has 6 nitrogen and oxygen atoms in total. The van der Waals surface area contributed by atoms with E-state index < -0.39 is 6.10 Å². The van der Waals surface area contributed by atoms with Crippen molar-refractivity contribution >= 4 is 0 Å². The lowest BCUT2D eigenvalue weighted by Crippen LogP contribution is -2.38. The molecule has 0 aliphatic carbocycles. The van der Waals surface area contributed by atoms with Crippen molar-refractivity contribution in [1.29, 1.82) is 0 Å². The molecule has 1 atom stereocenters. The highest BCUT2D eigenvalue weighted by Crippen LogP contribution is 2.32. The third-order valence-electron chi connectivity index (χ3n) is 5.04.